The van der Waals surface area contributed by atoms with E-state index in [1.807, 2.05) is 12.2 Å². The number of hydrogen-bond acceptors (Lipinski definition) is 0. The molecule has 4 rings (SSSR count). The average molecular weight is 375 g/mol. The van der Waals surface area contributed by atoms with Gasteiger partial charge in [-0.15, -0.1) is 24.0 Å². The molecule has 0 aromatic rings. The van der Waals surface area contributed by atoms with Gasteiger partial charge >= 0.3 is 0 Å². The van der Waals surface area contributed by atoms with Gasteiger partial charge in [0.1, 0.15) is 0 Å². The first-order valence-electron chi connectivity index (χ1n) is 7.97. The van der Waals surface area contributed by atoms with E-state index in [-0.39, 0.29) is 32.7 Å². The molecule has 0 unspecified atom stereocenters. The Morgan fingerprint density at radius 3 is 1.30 bits per heavy atom. The summed E-state index contributed by atoms with van der Waals surface area (Å²) >= 11 is 0. The van der Waals surface area contributed by atoms with Crippen LogP contribution in [-0.4, -0.2) is 0 Å². The Kier molecular flexibility index (Phi) is 6.99. The first-order valence-corrected chi connectivity index (χ1v) is 7.97. The minimum atomic E-state index is 0. The Labute approximate surface area is 165 Å². The van der Waals surface area contributed by atoms with Gasteiger partial charge in [0.05, 0.1) is 0 Å². The van der Waals surface area contributed by atoms with Crippen LogP contribution in [0.5, 0.6) is 0 Å². The summed E-state index contributed by atoms with van der Waals surface area (Å²) in [7, 11) is 0. The molecule has 0 saturated carbocycles. The molecule has 0 spiro atoms. The van der Waals surface area contributed by atoms with Crippen LogP contribution in [0.25, 0.3) is 0 Å². The number of allylic oxidation sites excluding steroid dienone is 16. The van der Waals surface area contributed by atoms with E-state index in [0.717, 1.165) is 25.7 Å². The SMILES string of the molecule is CC1=CC=C(C2=CC=[C-]C2)C1.CC1=CC=C(C2=CC=[C-]C2)C1.[Y]. The zero-order chi connectivity index (χ0) is 15.4. The third-order valence-corrected chi connectivity index (χ3v) is 4.29. The van der Waals surface area contributed by atoms with Crippen molar-refractivity contribution in [2.24, 2.45) is 0 Å². The molecule has 0 heterocycles. The van der Waals surface area contributed by atoms with Crippen LogP contribution in [0.1, 0.15) is 39.5 Å². The Balaban J connectivity index is 0.000000160. The van der Waals surface area contributed by atoms with Gasteiger partial charge in [-0.05, 0) is 26.7 Å². The van der Waals surface area contributed by atoms with E-state index in [2.05, 4.69) is 62.5 Å². The summed E-state index contributed by atoms with van der Waals surface area (Å²) in [5, 5.41) is 0. The Bertz CT molecular complexity index is 638. The van der Waals surface area contributed by atoms with Crippen LogP contribution in [0.3, 0.4) is 0 Å². The minimum absolute atomic E-state index is 0. The van der Waals surface area contributed by atoms with Gasteiger partial charge in [0.25, 0.3) is 0 Å². The van der Waals surface area contributed by atoms with E-state index in [1.165, 1.54) is 33.4 Å². The van der Waals surface area contributed by atoms with Crippen molar-refractivity contribution >= 4 is 0 Å². The second-order valence-electron chi connectivity index (χ2n) is 6.24. The third-order valence-electron chi connectivity index (χ3n) is 4.29. The molecule has 23 heavy (non-hydrogen) atoms. The molecule has 0 amide bonds. The monoisotopic (exact) mass is 375 g/mol. The van der Waals surface area contributed by atoms with Crippen molar-refractivity contribution in [1.82, 2.24) is 0 Å². The fourth-order valence-electron chi connectivity index (χ4n) is 2.98. The second-order valence-corrected chi connectivity index (χ2v) is 6.24. The van der Waals surface area contributed by atoms with Crippen LogP contribution in [0.2, 0.25) is 0 Å². The molecule has 4 aliphatic rings. The summed E-state index contributed by atoms with van der Waals surface area (Å²) in [6.07, 6.45) is 27.9. The molecule has 0 aliphatic heterocycles. The fourth-order valence-corrected chi connectivity index (χ4v) is 2.98. The Hall–Kier alpha value is -0.976. The van der Waals surface area contributed by atoms with Crippen molar-refractivity contribution in [3.05, 3.63) is 94.2 Å². The van der Waals surface area contributed by atoms with E-state index in [1.54, 1.807) is 0 Å². The summed E-state index contributed by atoms with van der Waals surface area (Å²) in [5.74, 6) is 0. The molecule has 0 bridgehead atoms. The molecule has 0 atom stereocenters. The Morgan fingerprint density at radius 1 is 0.609 bits per heavy atom. The summed E-state index contributed by atoms with van der Waals surface area (Å²) in [4.78, 5) is 0. The zero-order valence-electron chi connectivity index (χ0n) is 14.0. The van der Waals surface area contributed by atoms with Gasteiger partial charge in [-0.1, -0.05) is 46.6 Å². The van der Waals surface area contributed by atoms with Gasteiger partial charge in [0.15, 0.2) is 0 Å². The van der Waals surface area contributed by atoms with E-state index < -0.39 is 0 Å². The smallest absolute Gasteiger partial charge is 0 e. The molecule has 0 N–H and O–H groups in total. The molecule has 0 aromatic heterocycles. The van der Waals surface area contributed by atoms with E-state index >= 15 is 0 Å². The van der Waals surface area contributed by atoms with E-state index in [4.69, 9.17) is 0 Å². The summed E-state index contributed by atoms with van der Waals surface area (Å²) in [6, 6.07) is 0. The van der Waals surface area contributed by atoms with Gasteiger partial charge in [0.2, 0.25) is 0 Å². The largest absolute Gasteiger partial charge is 0.272 e. The Morgan fingerprint density at radius 2 is 1.04 bits per heavy atom. The van der Waals surface area contributed by atoms with E-state index in [9.17, 15) is 0 Å². The van der Waals surface area contributed by atoms with Gasteiger partial charge in [-0.3, -0.25) is 12.2 Å². The first kappa shape index (κ1) is 18.4. The standard InChI is InChI=1S/2C11H11.Y/c2*1-9-6-7-11(8-9)10-4-2-3-5-10;/h2*2,4,6-7H,5,8H2,1H3;/q2*-1;. The van der Waals surface area contributed by atoms with Crippen LogP contribution in [0.15, 0.2) is 82.0 Å². The molecule has 0 fully saturated rings. The predicted molar refractivity (Wildman–Crippen MR) is 93.9 cm³/mol. The maximum atomic E-state index is 3.18. The maximum absolute atomic E-state index is 3.18. The fraction of sp³-hybridized carbons (Fsp3) is 0.273. The quantitative estimate of drug-likeness (QED) is 0.527. The zero-order valence-corrected chi connectivity index (χ0v) is 16.9. The van der Waals surface area contributed by atoms with Gasteiger partial charge < -0.3 is 0 Å². The van der Waals surface area contributed by atoms with Crippen molar-refractivity contribution in [3.8, 4) is 0 Å². The molecular weight excluding hydrogens is 353 g/mol. The molecule has 4 aliphatic carbocycles. The third kappa shape index (κ3) is 5.00. The molecule has 0 aromatic carbocycles. The van der Waals surface area contributed by atoms with Crippen molar-refractivity contribution in [1.29, 1.82) is 0 Å². The number of hydrogen-bond donors (Lipinski definition) is 0. The van der Waals surface area contributed by atoms with Crippen molar-refractivity contribution in [2.75, 3.05) is 0 Å². The van der Waals surface area contributed by atoms with Gasteiger partial charge in [-0.2, -0.15) is 0 Å². The first-order chi connectivity index (χ1) is 10.7. The molecule has 115 valence electrons. The second kappa shape index (κ2) is 8.76. The minimum Gasteiger partial charge on any atom is -0.272 e. The summed E-state index contributed by atoms with van der Waals surface area (Å²) < 4.78 is 0. The summed E-state index contributed by atoms with van der Waals surface area (Å²) in [6.45, 7) is 4.35. The molecule has 1 radical (unpaired) electrons. The summed E-state index contributed by atoms with van der Waals surface area (Å²) in [5.41, 5.74) is 8.77. The molecule has 1 heteroatoms. The van der Waals surface area contributed by atoms with Crippen LogP contribution in [0.4, 0.5) is 0 Å². The van der Waals surface area contributed by atoms with Crippen molar-refractivity contribution in [3.63, 3.8) is 0 Å². The topological polar surface area (TPSA) is 0 Å². The van der Waals surface area contributed by atoms with Crippen molar-refractivity contribution < 1.29 is 32.7 Å². The van der Waals surface area contributed by atoms with Crippen LogP contribution in [0, 0.1) is 12.2 Å². The van der Waals surface area contributed by atoms with E-state index in [0.29, 0.717) is 0 Å². The normalized spacial score (nSPS) is 20.8. The number of rotatable bonds is 2. The van der Waals surface area contributed by atoms with Crippen molar-refractivity contribution in [2.45, 2.75) is 39.5 Å². The van der Waals surface area contributed by atoms with Gasteiger partial charge in [0, 0.05) is 32.7 Å². The average Bonchev–Trinajstić information content (AvgIpc) is 3.28. The molecule has 0 saturated heterocycles. The molecule has 0 nitrogen and oxygen atoms in total. The predicted octanol–water partition coefficient (Wildman–Crippen LogP) is 5.90. The maximum Gasteiger partial charge on any atom is 0 e. The van der Waals surface area contributed by atoms with Crippen LogP contribution < -0.4 is 0 Å². The molecular formula is C22H22Y-2. The van der Waals surface area contributed by atoms with Crippen LogP contribution >= 0.6 is 0 Å². The van der Waals surface area contributed by atoms with Crippen LogP contribution in [-0.2, 0) is 32.7 Å². The van der Waals surface area contributed by atoms with Gasteiger partial charge in [-0.25, -0.2) is 24.3 Å².